The van der Waals surface area contributed by atoms with E-state index in [-0.39, 0.29) is 21.1 Å². The number of ether oxygens (including phenoxy) is 1. The molecule has 0 spiro atoms. The molecule has 6 nitrogen and oxygen atoms in total. The van der Waals surface area contributed by atoms with Gasteiger partial charge in [-0.2, -0.15) is 0 Å². The van der Waals surface area contributed by atoms with Crippen LogP contribution >= 0.6 is 0 Å². The predicted octanol–water partition coefficient (Wildman–Crippen LogP) is 9.71. The first-order valence-corrected chi connectivity index (χ1v) is 15.4. The fourth-order valence-corrected chi connectivity index (χ4v) is 6.85. The molecule has 0 fully saturated rings. The van der Waals surface area contributed by atoms with Crippen molar-refractivity contribution in [1.29, 1.82) is 0 Å². The molecule has 48 heavy (non-hydrogen) atoms. The Hall–Kier alpha value is -5.84. The molecule has 0 aliphatic rings. The fraction of sp³-hybridized carbons (Fsp3) is 0. The van der Waals surface area contributed by atoms with Crippen LogP contribution in [0.5, 0.6) is 11.5 Å². The third kappa shape index (κ3) is 4.34. The first kappa shape index (κ1) is 28.4. The van der Waals surface area contributed by atoms with E-state index < -0.39 is 0 Å². The Kier molecular flexibility index (Phi) is 6.59. The van der Waals surface area contributed by atoms with Crippen LogP contribution in [-0.4, -0.2) is 23.8 Å². The standard InChI is InChI=1S/C41H23N5O.Pt/c1-3-8-26(9-4-1)33-24-35-31-16-14-29(23-37(31)40-43-18-20-45(40)38(35)25-34(33)27-10-5-2-6-11-27)47-28-13-15-30-32-12-7-17-42-39(32)46-21-19-44-41(46)36(30)22-28;/h1-21,24-25H;/q-2;+2. The number of fused-ring (bicyclic) bond motifs is 12. The van der Waals surface area contributed by atoms with Crippen LogP contribution in [0.4, 0.5) is 0 Å². The maximum Gasteiger partial charge on any atom is 2.00 e. The zero-order valence-electron chi connectivity index (χ0n) is 25.2. The number of aromatic nitrogens is 5. The van der Waals surface area contributed by atoms with E-state index in [0.29, 0.717) is 11.5 Å². The number of benzene rings is 5. The Morgan fingerprint density at radius 2 is 1.04 bits per heavy atom. The van der Waals surface area contributed by atoms with Gasteiger partial charge >= 0.3 is 21.1 Å². The van der Waals surface area contributed by atoms with Crippen molar-refractivity contribution >= 4 is 54.8 Å². The number of hydrogen-bond acceptors (Lipinski definition) is 4. The van der Waals surface area contributed by atoms with Gasteiger partial charge in [-0.05, 0) is 45.2 Å². The monoisotopic (exact) mass is 796 g/mol. The number of pyridine rings is 3. The van der Waals surface area contributed by atoms with E-state index in [0.717, 1.165) is 60.3 Å². The normalized spacial score (nSPS) is 11.6. The summed E-state index contributed by atoms with van der Waals surface area (Å²) in [6.07, 6.45) is 9.37. The van der Waals surface area contributed by atoms with Crippen molar-refractivity contribution in [2.75, 3.05) is 0 Å². The Morgan fingerprint density at radius 3 is 1.71 bits per heavy atom. The third-order valence-corrected chi connectivity index (χ3v) is 8.95. The summed E-state index contributed by atoms with van der Waals surface area (Å²) in [5.74, 6) is 1.17. The zero-order chi connectivity index (χ0) is 30.9. The van der Waals surface area contributed by atoms with Crippen LogP contribution in [0.3, 0.4) is 0 Å². The van der Waals surface area contributed by atoms with Gasteiger partial charge in [0.1, 0.15) is 5.65 Å². The molecule has 0 saturated heterocycles. The molecule has 0 bridgehead atoms. The van der Waals surface area contributed by atoms with Gasteiger partial charge in [-0.25, -0.2) is 4.98 Å². The van der Waals surface area contributed by atoms with Gasteiger partial charge in [0.05, 0.1) is 11.3 Å². The SMILES string of the molecule is [Pt+2].[c-]1c(Oc2[c-]c3c(cc2)c2cccnc2n2ccnc32)ccc2c1c1nccn1c1cc(-c3ccccc3)c(-c3ccccc3)cc21. The molecule has 0 radical (unpaired) electrons. The van der Waals surface area contributed by atoms with Crippen LogP contribution in [0.25, 0.3) is 77.0 Å². The molecule has 0 amide bonds. The second kappa shape index (κ2) is 11.1. The van der Waals surface area contributed by atoms with Crippen molar-refractivity contribution in [1.82, 2.24) is 23.8 Å². The van der Waals surface area contributed by atoms with Crippen molar-refractivity contribution in [2.24, 2.45) is 0 Å². The molecule has 7 heteroatoms. The predicted molar refractivity (Wildman–Crippen MR) is 187 cm³/mol. The van der Waals surface area contributed by atoms with E-state index in [1.54, 1.807) is 12.4 Å². The van der Waals surface area contributed by atoms with Gasteiger partial charge in [-0.3, -0.25) is 9.97 Å². The minimum atomic E-state index is 0. The van der Waals surface area contributed by atoms with E-state index in [1.807, 2.05) is 41.2 Å². The van der Waals surface area contributed by atoms with E-state index >= 15 is 0 Å². The van der Waals surface area contributed by atoms with Crippen molar-refractivity contribution in [3.63, 3.8) is 0 Å². The first-order chi connectivity index (χ1) is 23.3. The maximum absolute atomic E-state index is 6.44. The van der Waals surface area contributed by atoms with Crippen molar-refractivity contribution in [3.05, 3.63) is 152 Å². The summed E-state index contributed by atoms with van der Waals surface area (Å²) in [7, 11) is 0. The van der Waals surface area contributed by atoms with Crippen LogP contribution in [-0.2, 0) is 21.1 Å². The van der Waals surface area contributed by atoms with E-state index in [4.69, 9.17) is 9.72 Å². The van der Waals surface area contributed by atoms with Crippen LogP contribution in [0.1, 0.15) is 0 Å². The summed E-state index contributed by atoms with van der Waals surface area (Å²) >= 11 is 0. The maximum atomic E-state index is 6.44. The minimum Gasteiger partial charge on any atom is -0.497 e. The number of hydrogen-bond donors (Lipinski definition) is 0. The summed E-state index contributed by atoms with van der Waals surface area (Å²) in [6.45, 7) is 0. The Balaban J connectivity index is 0.00000314. The third-order valence-electron chi connectivity index (χ3n) is 8.95. The minimum absolute atomic E-state index is 0. The van der Waals surface area contributed by atoms with Crippen molar-refractivity contribution in [2.45, 2.75) is 0 Å². The average Bonchev–Trinajstić information content (AvgIpc) is 3.84. The molecular weight excluding hydrogens is 774 g/mol. The van der Waals surface area contributed by atoms with Gasteiger partial charge in [0, 0.05) is 48.0 Å². The molecule has 10 rings (SSSR count). The number of imidazole rings is 2. The van der Waals surface area contributed by atoms with Crippen LogP contribution in [0, 0.1) is 12.1 Å². The molecule has 0 atom stereocenters. The molecule has 228 valence electrons. The molecule has 0 aliphatic carbocycles. The van der Waals surface area contributed by atoms with Crippen molar-refractivity contribution < 1.29 is 25.8 Å². The van der Waals surface area contributed by atoms with E-state index in [2.05, 4.69) is 117 Å². The Bertz CT molecular complexity index is 2830. The van der Waals surface area contributed by atoms with Gasteiger partial charge in [-0.1, -0.05) is 119 Å². The molecule has 0 aliphatic heterocycles. The summed E-state index contributed by atoms with van der Waals surface area (Å²) in [4.78, 5) is 14.0. The van der Waals surface area contributed by atoms with Gasteiger partial charge in [0.2, 0.25) is 0 Å². The molecule has 10 aromatic rings. The smallest absolute Gasteiger partial charge is 0.497 e. The summed E-state index contributed by atoms with van der Waals surface area (Å²) < 4.78 is 10.6. The summed E-state index contributed by atoms with van der Waals surface area (Å²) in [6, 6.07) is 44.8. The second-order valence-electron chi connectivity index (χ2n) is 11.6. The van der Waals surface area contributed by atoms with Crippen LogP contribution in [0.2, 0.25) is 0 Å². The van der Waals surface area contributed by atoms with Crippen LogP contribution in [0.15, 0.2) is 140 Å². The summed E-state index contributed by atoms with van der Waals surface area (Å²) in [5, 5.41) is 6.00. The molecule has 0 unspecified atom stereocenters. The molecule has 5 aromatic heterocycles. The number of rotatable bonds is 4. The van der Waals surface area contributed by atoms with Gasteiger partial charge < -0.3 is 13.5 Å². The fourth-order valence-electron chi connectivity index (χ4n) is 6.85. The second-order valence-corrected chi connectivity index (χ2v) is 11.6. The van der Waals surface area contributed by atoms with E-state index in [1.165, 1.54) is 16.7 Å². The topological polar surface area (TPSA) is 56.7 Å². The van der Waals surface area contributed by atoms with Gasteiger partial charge in [0.25, 0.3) is 0 Å². The average molecular weight is 797 g/mol. The van der Waals surface area contributed by atoms with Crippen molar-refractivity contribution in [3.8, 4) is 33.8 Å². The van der Waals surface area contributed by atoms with Gasteiger partial charge in [0.15, 0.2) is 0 Å². The molecule has 5 aromatic carbocycles. The van der Waals surface area contributed by atoms with Gasteiger partial charge in [-0.15, -0.1) is 12.1 Å². The quantitative estimate of drug-likeness (QED) is 0.132. The molecular formula is C41H23N5OPt. The molecule has 0 saturated carbocycles. The Labute approximate surface area is 289 Å². The van der Waals surface area contributed by atoms with Crippen LogP contribution < -0.4 is 4.74 Å². The molecule has 0 N–H and O–H groups in total. The first-order valence-electron chi connectivity index (χ1n) is 15.4. The summed E-state index contributed by atoms with van der Waals surface area (Å²) in [5.41, 5.74) is 8.23. The Morgan fingerprint density at radius 1 is 0.479 bits per heavy atom. The number of nitrogens with zero attached hydrogens (tertiary/aromatic N) is 5. The zero-order valence-corrected chi connectivity index (χ0v) is 27.5. The van der Waals surface area contributed by atoms with E-state index in [9.17, 15) is 0 Å². The molecule has 5 heterocycles. The largest absolute Gasteiger partial charge is 2.00 e.